The van der Waals surface area contributed by atoms with Gasteiger partial charge in [-0.05, 0) is 43.7 Å². The van der Waals surface area contributed by atoms with Crippen molar-refractivity contribution in [2.24, 2.45) is 0 Å². The van der Waals surface area contributed by atoms with Crippen LogP contribution in [-0.4, -0.2) is 13.1 Å². The van der Waals surface area contributed by atoms with Crippen LogP contribution in [0.5, 0.6) is 0 Å². The molecule has 2 aromatic rings. The Hall–Kier alpha value is -1.94. The molecule has 0 fully saturated rings. The summed E-state index contributed by atoms with van der Waals surface area (Å²) in [6.07, 6.45) is 0. The summed E-state index contributed by atoms with van der Waals surface area (Å²) in [6, 6.07) is 11.4. The van der Waals surface area contributed by atoms with Crippen molar-refractivity contribution in [3.05, 3.63) is 53.1 Å². The summed E-state index contributed by atoms with van der Waals surface area (Å²) in [5.41, 5.74) is 9.57. The van der Waals surface area contributed by atoms with Gasteiger partial charge in [-0.3, -0.25) is 0 Å². The van der Waals surface area contributed by atoms with Crippen molar-refractivity contribution in [3.8, 4) is 0 Å². The van der Waals surface area contributed by atoms with Gasteiger partial charge >= 0.3 is 5.97 Å². The largest absolute Gasteiger partial charge is 0.465 e. The van der Waals surface area contributed by atoms with Gasteiger partial charge in [-0.15, -0.1) is 0 Å². The SMILES string of the molecule is COC(=O)c1ccc(N)c(Sc2ccc(C)cc2C)c1. The number of ether oxygens (including phenoxy) is 1. The predicted molar refractivity (Wildman–Crippen MR) is 82.2 cm³/mol. The molecule has 0 bridgehead atoms. The van der Waals surface area contributed by atoms with E-state index in [-0.39, 0.29) is 5.97 Å². The highest BCUT2D eigenvalue weighted by Gasteiger charge is 2.10. The third kappa shape index (κ3) is 3.14. The smallest absolute Gasteiger partial charge is 0.337 e. The number of carbonyl (C=O) groups is 1. The van der Waals surface area contributed by atoms with Gasteiger partial charge in [-0.1, -0.05) is 29.5 Å². The van der Waals surface area contributed by atoms with Crippen molar-refractivity contribution in [2.45, 2.75) is 23.6 Å². The molecule has 0 saturated carbocycles. The van der Waals surface area contributed by atoms with E-state index in [0.717, 1.165) is 9.79 Å². The van der Waals surface area contributed by atoms with Gasteiger partial charge in [0.2, 0.25) is 0 Å². The Morgan fingerprint density at radius 3 is 2.50 bits per heavy atom. The minimum Gasteiger partial charge on any atom is -0.465 e. The lowest BCUT2D eigenvalue weighted by Crippen LogP contribution is -2.02. The van der Waals surface area contributed by atoms with E-state index in [1.165, 1.54) is 18.2 Å². The molecule has 3 nitrogen and oxygen atoms in total. The van der Waals surface area contributed by atoms with Gasteiger partial charge in [0.25, 0.3) is 0 Å². The number of nitrogen functional groups attached to an aromatic ring is 1. The fraction of sp³-hybridized carbons (Fsp3) is 0.188. The van der Waals surface area contributed by atoms with Gasteiger partial charge in [0.15, 0.2) is 0 Å². The zero-order valence-corrected chi connectivity index (χ0v) is 12.6. The summed E-state index contributed by atoms with van der Waals surface area (Å²) in [4.78, 5) is 13.6. The average molecular weight is 287 g/mol. The Morgan fingerprint density at radius 2 is 1.85 bits per heavy atom. The molecule has 2 N–H and O–H groups in total. The summed E-state index contributed by atoms with van der Waals surface area (Å²) in [7, 11) is 1.37. The third-order valence-corrected chi connectivity index (χ3v) is 4.24. The Kier molecular flexibility index (Phi) is 4.35. The normalized spacial score (nSPS) is 10.3. The number of carbonyl (C=O) groups excluding carboxylic acids is 1. The lowest BCUT2D eigenvalue weighted by atomic mass is 10.2. The predicted octanol–water partition coefficient (Wildman–Crippen LogP) is 3.82. The van der Waals surface area contributed by atoms with Gasteiger partial charge < -0.3 is 10.5 Å². The van der Waals surface area contributed by atoms with E-state index in [4.69, 9.17) is 10.5 Å². The molecule has 0 radical (unpaired) electrons. The number of esters is 1. The number of hydrogen-bond donors (Lipinski definition) is 1. The molecule has 0 atom stereocenters. The van der Waals surface area contributed by atoms with Crippen molar-refractivity contribution >= 4 is 23.4 Å². The number of benzene rings is 2. The molecular weight excluding hydrogens is 270 g/mol. The highest BCUT2D eigenvalue weighted by molar-refractivity contribution is 7.99. The van der Waals surface area contributed by atoms with Crippen LogP contribution in [0, 0.1) is 13.8 Å². The maximum absolute atomic E-state index is 11.6. The van der Waals surface area contributed by atoms with Crippen LogP contribution < -0.4 is 5.73 Å². The molecule has 0 aliphatic heterocycles. The lowest BCUT2D eigenvalue weighted by Gasteiger charge is -2.10. The topological polar surface area (TPSA) is 52.3 Å². The molecule has 0 aromatic heterocycles. The van der Waals surface area contributed by atoms with E-state index >= 15 is 0 Å². The summed E-state index contributed by atoms with van der Waals surface area (Å²) in [5, 5.41) is 0. The van der Waals surface area contributed by atoms with Crippen molar-refractivity contribution in [1.29, 1.82) is 0 Å². The second-order valence-corrected chi connectivity index (χ2v) is 5.70. The van der Waals surface area contributed by atoms with Crippen LogP contribution in [0.3, 0.4) is 0 Å². The first kappa shape index (κ1) is 14.5. The fourth-order valence-corrected chi connectivity index (χ4v) is 2.86. The molecular formula is C16H17NO2S. The number of methoxy groups -OCH3 is 1. The van der Waals surface area contributed by atoms with Gasteiger partial charge in [0.1, 0.15) is 0 Å². The van der Waals surface area contributed by atoms with Crippen LogP contribution in [0.15, 0.2) is 46.2 Å². The second-order valence-electron chi connectivity index (χ2n) is 4.62. The first-order valence-electron chi connectivity index (χ1n) is 6.24. The second kappa shape index (κ2) is 6.01. The number of aryl methyl sites for hydroxylation is 2. The Morgan fingerprint density at radius 1 is 1.10 bits per heavy atom. The minimum absolute atomic E-state index is 0.354. The monoisotopic (exact) mass is 287 g/mol. The number of nitrogens with two attached hydrogens (primary N) is 1. The Bertz CT molecular complexity index is 653. The molecule has 0 unspecified atom stereocenters. The zero-order valence-electron chi connectivity index (χ0n) is 11.8. The van der Waals surface area contributed by atoms with Gasteiger partial charge in [0, 0.05) is 15.5 Å². The standard InChI is InChI=1S/C16H17NO2S/c1-10-4-7-14(11(2)8-10)20-15-9-12(16(18)19-3)5-6-13(15)17/h4-9H,17H2,1-3H3. The zero-order chi connectivity index (χ0) is 14.7. The molecule has 0 amide bonds. The lowest BCUT2D eigenvalue weighted by molar-refractivity contribution is 0.0600. The van der Waals surface area contributed by atoms with Crippen molar-refractivity contribution in [1.82, 2.24) is 0 Å². The molecule has 2 rings (SSSR count). The number of rotatable bonds is 3. The molecule has 20 heavy (non-hydrogen) atoms. The highest BCUT2D eigenvalue weighted by atomic mass is 32.2. The Balaban J connectivity index is 2.35. The van der Waals surface area contributed by atoms with Crippen LogP contribution in [0.25, 0.3) is 0 Å². The fourth-order valence-electron chi connectivity index (χ4n) is 1.90. The van der Waals surface area contributed by atoms with E-state index < -0.39 is 0 Å². The van der Waals surface area contributed by atoms with Crippen molar-refractivity contribution in [2.75, 3.05) is 12.8 Å². The molecule has 104 valence electrons. The quantitative estimate of drug-likeness (QED) is 0.688. The third-order valence-electron chi connectivity index (χ3n) is 2.99. The van der Waals surface area contributed by atoms with E-state index in [1.807, 2.05) is 0 Å². The maximum Gasteiger partial charge on any atom is 0.337 e. The number of hydrogen-bond acceptors (Lipinski definition) is 4. The molecule has 0 aliphatic carbocycles. The molecule has 0 saturated heterocycles. The van der Waals surface area contributed by atoms with Gasteiger partial charge in [-0.2, -0.15) is 0 Å². The first-order chi connectivity index (χ1) is 9.51. The molecule has 4 heteroatoms. The van der Waals surface area contributed by atoms with Crippen LogP contribution in [0.2, 0.25) is 0 Å². The van der Waals surface area contributed by atoms with Crippen LogP contribution in [0.4, 0.5) is 5.69 Å². The van der Waals surface area contributed by atoms with E-state index in [2.05, 4.69) is 32.0 Å². The van der Waals surface area contributed by atoms with Crippen LogP contribution in [0.1, 0.15) is 21.5 Å². The Labute approximate surface area is 123 Å². The van der Waals surface area contributed by atoms with E-state index in [9.17, 15) is 4.79 Å². The van der Waals surface area contributed by atoms with Gasteiger partial charge in [-0.25, -0.2) is 4.79 Å². The summed E-state index contributed by atoms with van der Waals surface area (Å²) in [6.45, 7) is 4.13. The van der Waals surface area contributed by atoms with Crippen LogP contribution in [-0.2, 0) is 4.74 Å². The number of anilines is 1. The minimum atomic E-state index is -0.354. The summed E-state index contributed by atoms with van der Waals surface area (Å²) < 4.78 is 4.73. The first-order valence-corrected chi connectivity index (χ1v) is 7.06. The van der Waals surface area contributed by atoms with E-state index in [1.54, 1.807) is 30.0 Å². The van der Waals surface area contributed by atoms with Crippen molar-refractivity contribution in [3.63, 3.8) is 0 Å². The average Bonchev–Trinajstić information content (AvgIpc) is 2.43. The molecule has 0 spiro atoms. The van der Waals surface area contributed by atoms with Crippen LogP contribution >= 0.6 is 11.8 Å². The molecule has 0 aliphatic rings. The van der Waals surface area contributed by atoms with E-state index in [0.29, 0.717) is 11.3 Å². The maximum atomic E-state index is 11.6. The highest BCUT2D eigenvalue weighted by Crippen LogP contribution is 2.35. The van der Waals surface area contributed by atoms with Crippen molar-refractivity contribution < 1.29 is 9.53 Å². The summed E-state index contributed by atoms with van der Waals surface area (Å²) in [5.74, 6) is -0.354. The summed E-state index contributed by atoms with van der Waals surface area (Å²) >= 11 is 1.56. The molecule has 2 aromatic carbocycles. The molecule has 0 heterocycles. The van der Waals surface area contributed by atoms with Gasteiger partial charge in [0.05, 0.1) is 12.7 Å².